The number of aromatic nitrogens is 4. The quantitative estimate of drug-likeness (QED) is 0.198. The van der Waals surface area contributed by atoms with Crippen LogP contribution in [0, 0.1) is 0 Å². The number of hydrogen-bond donors (Lipinski definition) is 0. The van der Waals surface area contributed by atoms with Gasteiger partial charge < -0.3 is 28.4 Å². The molecule has 2 heterocycles. The van der Waals surface area contributed by atoms with E-state index < -0.39 is 41.9 Å². The SMILES string of the molecule is COCCOCn1cnc2c(ncn2C(C)O[C@H](COC(C)=O)C(COC(C)=O)OC(C)=O)c1=O. The van der Waals surface area contributed by atoms with E-state index in [2.05, 4.69) is 9.97 Å². The van der Waals surface area contributed by atoms with Gasteiger partial charge in [-0.15, -0.1) is 0 Å². The van der Waals surface area contributed by atoms with Crippen molar-refractivity contribution in [2.45, 2.75) is 52.9 Å². The van der Waals surface area contributed by atoms with Gasteiger partial charge in [0.1, 0.15) is 38.6 Å². The van der Waals surface area contributed by atoms with Crippen LogP contribution in [-0.2, 0) is 49.5 Å². The maximum absolute atomic E-state index is 12.7. The minimum Gasteiger partial charge on any atom is -0.463 e. The van der Waals surface area contributed by atoms with Gasteiger partial charge in [-0.05, 0) is 6.92 Å². The highest BCUT2D eigenvalue weighted by atomic mass is 16.6. The lowest BCUT2D eigenvalue weighted by Crippen LogP contribution is -2.42. The molecule has 0 aromatic carbocycles. The second-order valence-electron chi connectivity index (χ2n) is 7.40. The van der Waals surface area contributed by atoms with Crippen molar-refractivity contribution in [3.05, 3.63) is 23.0 Å². The van der Waals surface area contributed by atoms with Gasteiger partial charge in [-0.2, -0.15) is 0 Å². The topological polar surface area (TPSA) is 159 Å². The number of methoxy groups -OCH3 is 1. The summed E-state index contributed by atoms with van der Waals surface area (Å²) in [6.45, 7) is 5.31. The van der Waals surface area contributed by atoms with Crippen molar-refractivity contribution in [2.75, 3.05) is 33.5 Å². The minimum absolute atomic E-state index is 0.0191. The number of carbonyl (C=O) groups excluding carboxylic acids is 3. The molecule has 0 aliphatic heterocycles. The van der Waals surface area contributed by atoms with Gasteiger partial charge in [-0.25, -0.2) is 9.97 Å². The number of rotatable bonds is 14. The fourth-order valence-corrected chi connectivity index (χ4v) is 2.99. The average Bonchev–Trinajstić information content (AvgIpc) is 3.23. The smallest absolute Gasteiger partial charge is 0.303 e. The van der Waals surface area contributed by atoms with Crippen molar-refractivity contribution in [3.63, 3.8) is 0 Å². The third-order valence-electron chi connectivity index (χ3n) is 4.61. The molecule has 0 spiro atoms. The van der Waals surface area contributed by atoms with Crippen LogP contribution in [0.2, 0.25) is 0 Å². The first kappa shape index (κ1) is 27.9. The minimum atomic E-state index is -1.07. The Kier molecular flexibility index (Phi) is 10.8. The summed E-state index contributed by atoms with van der Waals surface area (Å²) in [5, 5.41) is 0. The highest BCUT2D eigenvalue weighted by molar-refractivity contribution is 5.69. The number of hydrogen-bond acceptors (Lipinski definition) is 12. The maximum atomic E-state index is 12.7. The standard InChI is InChI=1S/C21H30N4O10/c1-13(34-17(8-32-14(2)26)18(35-16(4)28)9-33-15(3)27)25-11-22-19-20(25)23-10-24(21(19)29)12-31-7-6-30-5/h10-11,13,17-18H,6-9,12H2,1-5H3/t13?,17-,18?/m1/s1. The molecule has 0 amide bonds. The summed E-state index contributed by atoms with van der Waals surface area (Å²) >= 11 is 0. The van der Waals surface area contributed by atoms with Gasteiger partial charge in [0.05, 0.1) is 19.5 Å². The van der Waals surface area contributed by atoms with Crippen molar-refractivity contribution in [1.82, 2.24) is 19.1 Å². The van der Waals surface area contributed by atoms with E-state index >= 15 is 0 Å². The Morgan fingerprint density at radius 3 is 2.20 bits per heavy atom. The zero-order valence-corrected chi connectivity index (χ0v) is 20.3. The highest BCUT2D eigenvalue weighted by Crippen LogP contribution is 2.19. The first-order chi connectivity index (χ1) is 16.6. The van der Waals surface area contributed by atoms with Gasteiger partial charge in [0, 0.05) is 27.9 Å². The van der Waals surface area contributed by atoms with Gasteiger partial charge >= 0.3 is 17.9 Å². The lowest BCUT2D eigenvalue weighted by atomic mass is 10.2. The molecule has 0 aliphatic rings. The van der Waals surface area contributed by atoms with E-state index in [9.17, 15) is 19.2 Å². The summed E-state index contributed by atoms with van der Waals surface area (Å²) in [4.78, 5) is 55.4. The summed E-state index contributed by atoms with van der Waals surface area (Å²) in [6.07, 6.45) is -0.181. The Bertz CT molecular complexity index is 1070. The molecule has 0 fully saturated rings. The lowest BCUT2D eigenvalue weighted by Gasteiger charge is -2.29. The van der Waals surface area contributed by atoms with E-state index in [4.69, 9.17) is 28.4 Å². The average molecular weight is 498 g/mol. The van der Waals surface area contributed by atoms with Crippen LogP contribution in [0.5, 0.6) is 0 Å². The number of nitrogens with zero attached hydrogens (tertiary/aromatic N) is 4. The van der Waals surface area contributed by atoms with Crippen molar-refractivity contribution in [3.8, 4) is 0 Å². The van der Waals surface area contributed by atoms with Crippen LogP contribution in [0.25, 0.3) is 11.2 Å². The summed E-state index contributed by atoms with van der Waals surface area (Å²) in [5.41, 5.74) is -0.0837. The van der Waals surface area contributed by atoms with Crippen molar-refractivity contribution < 1.29 is 42.8 Å². The Labute approximate surface area is 201 Å². The fraction of sp³-hybridized carbons (Fsp3) is 0.619. The van der Waals surface area contributed by atoms with Gasteiger partial charge in [-0.3, -0.25) is 28.3 Å². The molecule has 0 N–H and O–H groups in total. The fourth-order valence-electron chi connectivity index (χ4n) is 2.99. The summed E-state index contributed by atoms with van der Waals surface area (Å²) < 4.78 is 34.3. The number of carbonyl (C=O) groups is 3. The van der Waals surface area contributed by atoms with E-state index in [1.807, 2.05) is 0 Å². The molecule has 194 valence electrons. The Hall–Kier alpha value is -3.36. The lowest BCUT2D eigenvalue weighted by molar-refractivity contribution is -0.182. The number of ether oxygens (including phenoxy) is 6. The molecule has 0 radical (unpaired) electrons. The second kappa shape index (κ2) is 13.5. The molecule has 2 aromatic heterocycles. The summed E-state index contributed by atoms with van der Waals surface area (Å²) in [5.74, 6) is -1.81. The first-order valence-electron chi connectivity index (χ1n) is 10.7. The van der Waals surface area contributed by atoms with E-state index in [0.717, 1.165) is 0 Å². The molecule has 0 saturated heterocycles. The molecule has 0 bridgehead atoms. The monoisotopic (exact) mass is 498 g/mol. The predicted octanol–water partition coefficient (Wildman–Crippen LogP) is 0.175. The molecule has 2 unspecified atom stereocenters. The van der Waals surface area contributed by atoms with Crippen LogP contribution in [0.15, 0.2) is 17.4 Å². The summed E-state index contributed by atoms with van der Waals surface area (Å²) in [7, 11) is 1.54. The van der Waals surface area contributed by atoms with E-state index in [1.54, 1.807) is 14.0 Å². The highest BCUT2D eigenvalue weighted by Gasteiger charge is 2.30. The molecule has 0 aliphatic carbocycles. The van der Waals surface area contributed by atoms with Gasteiger partial charge in [-0.1, -0.05) is 0 Å². The third-order valence-corrected chi connectivity index (χ3v) is 4.61. The molecule has 14 nitrogen and oxygen atoms in total. The van der Waals surface area contributed by atoms with E-state index in [0.29, 0.717) is 13.2 Å². The third kappa shape index (κ3) is 8.42. The van der Waals surface area contributed by atoms with Crippen LogP contribution < -0.4 is 5.56 Å². The van der Waals surface area contributed by atoms with Crippen LogP contribution in [0.4, 0.5) is 0 Å². The van der Waals surface area contributed by atoms with Crippen molar-refractivity contribution in [1.29, 1.82) is 0 Å². The van der Waals surface area contributed by atoms with Gasteiger partial charge in [0.15, 0.2) is 17.3 Å². The number of imidazole rings is 1. The Morgan fingerprint density at radius 1 is 0.943 bits per heavy atom. The van der Waals surface area contributed by atoms with Crippen LogP contribution in [0.1, 0.15) is 33.9 Å². The van der Waals surface area contributed by atoms with Crippen LogP contribution in [-0.4, -0.2) is 82.8 Å². The molecule has 2 rings (SSSR count). The number of esters is 3. The zero-order valence-electron chi connectivity index (χ0n) is 20.3. The normalized spacial score (nSPS) is 13.7. The molecular formula is C21H30N4O10. The van der Waals surface area contributed by atoms with E-state index in [-0.39, 0.29) is 31.1 Å². The Balaban J connectivity index is 2.25. The van der Waals surface area contributed by atoms with Crippen molar-refractivity contribution >= 4 is 29.1 Å². The molecule has 3 atom stereocenters. The number of fused-ring (bicyclic) bond motifs is 1. The predicted molar refractivity (Wildman–Crippen MR) is 118 cm³/mol. The summed E-state index contributed by atoms with van der Waals surface area (Å²) in [6, 6.07) is 0. The largest absolute Gasteiger partial charge is 0.463 e. The maximum Gasteiger partial charge on any atom is 0.303 e. The molecular weight excluding hydrogens is 468 g/mol. The van der Waals surface area contributed by atoms with Gasteiger partial charge in [0.25, 0.3) is 5.56 Å². The molecule has 0 saturated carbocycles. The second-order valence-corrected chi connectivity index (χ2v) is 7.40. The molecule has 14 heteroatoms. The first-order valence-corrected chi connectivity index (χ1v) is 10.7. The Morgan fingerprint density at radius 2 is 1.60 bits per heavy atom. The molecule has 2 aromatic rings. The van der Waals surface area contributed by atoms with E-state index in [1.165, 1.54) is 42.6 Å². The van der Waals surface area contributed by atoms with Crippen LogP contribution >= 0.6 is 0 Å². The van der Waals surface area contributed by atoms with Crippen LogP contribution in [0.3, 0.4) is 0 Å². The molecule has 35 heavy (non-hydrogen) atoms. The van der Waals surface area contributed by atoms with Gasteiger partial charge in [0.2, 0.25) is 0 Å². The zero-order chi connectivity index (χ0) is 26.0. The van der Waals surface area contributed by atoms with Crippen molar-refractivity contribution in [2.24, 2.45) is 0 Å².